The third-order valence-corrected chi connectivity index (χ3v) is 1.26. The molecule has 2 nitrogen and oxygen atoms in total. The van der Waals surface area contributed by atoms with Gasteiger partial charge in [-0.2, -0.15) is 0 Å². The average molecular weight is 153 g/mol. The van der Waals surface area contributed by atoms with Crippen molar-refractivity contribution >= 4 is 5.91 Å². The Hall–Kier alpha value is -1.05. The van der Waals surface area contributed by atoms with Crippen molar-refractivity contribution in [1.29, 1.82) is 0 Å². The molecule has 0 fully saturated rings. The maximum atomic E-state index is 10.9. The van der Waals surface area contributed by atoms with Gasteiger partial charge in [-0.3, -0.25) is 4.79 Å². The molecule has 0 saturated carbocycles. The van der Waals surface area contributed by atoms with Gasteiger partial charge in [-0.1, -0.05) is 18.2 Å². The van der Waals surface area contributed by atoms with Crippen LogP contribution in [0.3, 0.4) is 0 Å². The standard InChI is InChI=1S/C9H15NO/c1-5-6-10(9(4)11)7-8(2)3/h5H,1-2,6-7H2,3-4H3. The van der Waals surface area contributed by atoms with Crippen LogP contribution in [0.25, 0.3) is 0 Å². The molecule has 0 N–H and O–H groups in total. The molecule has 0 radical (unpaired) electrons. The largest absolute Gasteiger partial charge is 0.335 e. The lowest BCUT2D eigenvalue weighted by Crippen LogP contribution is -2.30. The fraction of sp³-hybridized carbons (Fsp3) is 0.444. The number of carbonyl (C=O) groups excluding carboxylic acids is 1. The molecule has 0 spiro atoms. The zero-order valence-electron chi connectivity index (χ0n) is 7.26. The van der Waals surface area contributed by atoms with Crippen molar-refractivity contribution in [3.8, 4) is 0 Å². The van der Waals surface area contributed by atoms with Crippen molar-refractivity contribution < 1.29 is 4.79 Å². The molecule has 0 heterocycles. The van der Waals surface area contributed by atoms with Gasteiger partial charge in [0.2, 0.25) is 5.91 Å². The number of nitrogens with zero attached hydrogens (tertiary/aromatic N) is 1. The summed E-state index contributed by atoms with van der Waals surface area (Å²) in [4.78, 5) is 12.6. The molecule has 0 saturated heterocycles. The van der Waals surface area contributed by atoms with Crippen molar-refractivity contribution in [2.45, 2.75) is 13.8 Å². The molecule has 0 aliphatic heterocycles. The first-order chi connectivity index (χ1) is 5.07. The number of amides is 1. The molecule has 0 unspecified atom stereocenters. The van der Waals surface area contributed by atoms with Gasteiger partial charge in [0.05, 0.1) is 0 Å². The van der Waals surface area contributed by atoms with E-state index in [2.05, 4.69) is 13.2 Å². The third kappa shape index (κ3) is 4.37. The quantitative estimate of drug-likeness (QED) is 0.562. The molecule has 0 aromatic rings. The Balaban J connectivity index is 3.99. The summed E-state index contributed by atoms with van der Waals surface area (Å²) in [7, 11) is 0. The zero-order valence-corrected chi connectivity index (χ0v) is 7.26. The Morgan fingerprint density at radius 3 is 2.36 bits per heavy atom. The molecule has 0 aromatic heterocycles. The first-order valence-electron chi connectivity index (χ1n) is 3.58. The molecule has 0 rings (SSSR count). The van der Waals surface area contributed by atoms with Gasteiger partial charge in [-0.25, -0.2) is 0 Å². The topological polar surface area (TPSA) is 20.3 Å². The Bertz CT molecular complexity index is 172. The molecular formula is C9H15NO. The fourth-order valence-electron chi connectivity index (χ4n) is 0.786. The molecule has 0 bridgehead atoms. The Kier molecular flexibility index (Phi) is 4.27. The highest BCUT2D eigenvalue weighted by molar-refractivity contribution is 5.73. The normalized spacial score (nSPS) is 8.91. The van der Waals surface area contributed by atoms with E-state index < -0.39 is 0 Å². The van der Waals surface area contributed by atoms with Crippen LogP contribution in [0.15, 0.2) is 24.8 Å². The fourth-order valence-corrected chi connectivity index (χ4v) is 0.786. The second kappa shape index (κ2) is 4.72. The van der Waals surface area contributed by atoms with Crippen molar-refractivity contribution in [2.24, 2.45) is 0 Å². The zero-order chi connectivity index (χ0) is 8.85. The summed E-state index contributed by atoms with van der Waals surface area (Å²) >= 11 is 0. The van der Waals surface area contributed by atoms with Gasteiger partial charge in [-0.05, 0) is 6.92 Å². The molecule has 0 aliphatic rings. The molecule has 62 valence electrons. The van der Waals surface area contributed by atoms with E-state index in [4.69, 9.17) is 0 Å². The van der Waals surface area contributed by atoms with E-state index in [0.717, 1.165) is 5.57 Å². The first kappa shape index (κ1) is 9.95. The average Bonchev–Trinajstić information content (AvgIpc) is 1.86. The minimum atomic E-state index is 0.0629. The van der Waals surface area contributed by atoms with Gasteiger partial charge in [-0.15, -0.1) is 6.58 Å². The Labute approximate surface area is 68.2 Å². The van der Waals surface area contributed by atoms with Gasteiger partial charge in [0.1, 0.15) is 0 Å². The molecule has 0 aromatic carbocycles. The van der Waals surface area contributed by atoms with Crippen molar-refractivity contribution in [3.05, 3.63) is 24.8 Å². The predicted molar refractivity (Wildman–Crippen MR) is 47.3 cm³/mol. The molecule has 2 heteroatoms. The third-order valence-electron chi connectivity index (χ3n) is 1.26. The summed E-state index contributed by atoms with van der Waals surface area (Å²) < 4.78 is 0. The van der Waals surface area contributed by atoms with Crippen molar-refractivity contribution in [3.63, 3.8) is 0 Å². The Morgan fingerprint density at radius 2 is 2.09 bits per heavy atom. The first-order valence-corrected chi connectivity index (χ1v) is 3.58. The number of rotatable bonds is 4. The van der Waals surface area contributed by atoms with Crippen molar-refractivity contribution in [1.82, 2.24) is 4.90 Å². The highest BCUT2D eigenvalue weighted by atomic mass is 16.2. The Morgan fingerprint density at radius 1 is 1.55 bits per heavy atom. The van der Waals surface area contributed by atoms with E-state index in [1.807, 2.05) is 6.92 Å². The maximum Gasteiger partial charge on any atom is 0.220 e. The highest BCUT2D eigenvalue weighted by Gasteiger charge is 2.04. The number of carbonyl (C=O) groups is 1. The monoisotopic (exact) mass is 153 g/mol. The molecule has 0 aliphatic carbocycles. The molecular weight excluding hydrogens is 138 g/mol. The van der Waals surface area contributed by atoms with E-state index in [9.17, 15) is 4.79 Å². The van der Waals surface area contributed by atoms with E-state index in [1.165, 1.54) is 0 Å². The predicted octanol–water partition coefficient (Wildman–Crippen LogP) is 1.60. The van der Waals surface area contributed by atoms with Crippen LogP contribution in [0.4, 0.5) is 0 Å². The van der Waals surface area contributed by atoms with Crippen LogP contribution >= 0.6 is 0 Å². The van der Waals surface area contributed by atoms with Crippen LogP contribution in [0.2, 0.25) is 0 Å². The van der Waals surface area contributed by atoms with Gasteiger partial charge < -0.3 is 4.90 Å². The van der Waals surface area contributed by atoms with Crippen LogP contribution < -0.4 is 0 Å². The van der Waals surface area contributed by atoms with Crippen LogP contribution in [-0.2, 0) is 4.79 Å². The lowest BCUT2D eigenvalue weighted by molar-refractivity contribution is -0.127. The minimum Gasteiger partial charge on any atom is -0.335 e. The van der Waals surface area contributed by atoms with Gasteiger partial charge >= 0.3 is 0 Å². The van der Waals surface area contributed by atoms with Crippen LogP contribution in [-0.4, -0.2) is 23.9 Å². The maximum absolute atomic E-state index is 10.9. The molecule has 0 atom stereocenters. The SMILES string of the molecule is C=CCN(CC(=C)C)C(C)=O. The number of hydrogen-bond donors (Lipinski definition) is 0. The van der Waals surface area contributed by atoms with E-state index in [0.29, 0.717) is 13.1 Å². The van der Waals surface area contributed by atoms with Crippen LogP contribution in [0.5, 0.6) is 0 Å². The summed E-state index contributed by atoms with van der Waals surface area (Å²) in [5.74, 6) is 0.0629. The molecule has 1 amide bonds. The summed E-state index contributed by atoms with van der Waals surface area (Å²) in [6, 6.07) is 0. The summed E-state index contributed by atoms with van der Waals surface area (Å²) in [6.07, 6.45) is 1.71. The highest BCUT2D eigenvalue weighted by Crippen LogP contribution is 1.95. The lowest BCUT2D eigenvalue weighted by Gasteiger charge is -2.18. The summed E-state index contributed by atoms with van der Waals surface area (Å²) in [5, 5.41) is 0. The van der Waals surface area contributed by atoms with Crippen LogP contribution in [0, 0.1) is 0 Å². The molecule has 11 heavy (non-hydrogen) atoms. The lowest BCUT2D eigenvalue weighted by atomic mass is 10.3. The second-order valence-electron chi connectivity index (χ2n) is 2.65. The summed E-state index contributed by atoms with van der Waals surface area (Å²) in [5.41, 5.74) is 0.988. The summed E-state index contributed by atoms with van der Waals surface area (Å²) in [6.45, 7) is 12.0. The smallest absolute Gasteiger partial charge is 0.220 e. The van der Waals surface area contributed by atoms with Gasteiger partial charge in [0, 0.05) is 20.0 Å². The van der Waals surface area contributed by atoms with Crippen LogP contribution in [0.1, 0.15) is 13.8 Å². The van der Waals surface area contributed by atoms with E-state index >= 15 is 0 Å². The minimum absolute atomic E-state index is 0.0629. The van der Waals surface area contributed by atoms with Crippen molar-refractivity contribution in [2.75, 3.05) is 13.1 Å². The second-order valence-corrected chi connectivity index (χ2v) is 2.65. The van der Waals surface area contributed by atoms with Gasteiger partial charge in [0.25, 0.3) is 0 Å². The number of hydrogen-bond acceptors (Lipinski definition) is 1. The van der Waals surface area contributed by atoms with Gasteiger partial charge in [0.15, 0.2) is 0 Å². The van der Waals surface area contributed by atoms with E-state index in [-0.39, 0.29) is 5.91 Å². The van der Waals surface area contributed by atoms with E-state index in [1.54, 1.807) is 17.9 Å².